The Morgan fingerprint density at radius 1 is 1.03 bits per heavy atom. The molecule has 0 amide bonds. The van der Waals surface area contributed by atoms with Crippen molar-refractivity contribution < 1.29 is 33.5 Å². The lowest BCUT2D eigenvalue weighted by atomic mass is 9.79. The zero-order chi connectivity index (χ0) is 25.0. The molecule has 0 heterocycles. The number of nitrogens with zero attached hydrogens (tertiary/aromatic N) is 1. The number of nitro benzene ring substituents is 1. The first kappa shape index (κ1) is 25.1. The van der Waals surface area contributed by atoms with Crippen molar-refractivity contribution in [2.45, 2.75) is 31.6 Å². The molecule has 9 nitrogen and oxygen atoms in total. The Kier molecular flexibility index (Phi) is 7.51. The molecule has 0 bridgehead atoms. The molecule has 0 aromatic heterocycles. The second-order valence-corrected chi connectivity index (χ2v) is 9.38. The van der Waals surface area contributed by atoms with Crippen molar-refractivity contribution in [2.75, 3.05) is 21.3 Å². The van der Waals surface area contributed by atoms with Gasteiger partial charge < -0.3 is 18.9 Å². The predicted octanol–water partition coefficient (Wildman–Crippen LogP) is 5.17. The molecule has 0 aliphatic heterocycles. The van der Waals surface area contributed by atoms with Crippen molar-refractivity contribution in [1.29, 1.82) is 0 Å². The molecule has 1 aliphatic carbocycles. The maximum absolute atomic E-state index is 13.1. The lowest BCUT2D eigenvalue weighted by Crippen LogP contribution is -2.26. The summed E-state index contributed by atoms with van der Waals surface area (Å²) in [6.07, 6.45) is 0.527. The van der Waals surface area contributed by atoms with Gasteiger partial charge in [0, 0.05) is 18.9 Å². The summed E-state index contributed by atoms with van der Waals surface area (Å²) in [7, 11) is 4.31. The molecule has 0 N–H and O–H groups in total. The number of nitro groups is 1. The Hall–Kier alpha value is -3.53. The fraction of sp³-hybridized carbons (Fsp3) is 0.333. The Labute approximate surface area is 201 Å². The van der Waals surface area contributed by atoms with Crippen molar-refractivity contribution in [2.24, 2.45) is 5.41 Å². The van der Waals surface area contributed by atoms with Crippen molar-refractivity contribution in [3.8, 4) is 17.2 Å². The van der Waals surface area contributed by atoms with Gasteiger partial charge >= 0.3 is 5.97 Å². The van der Waals surface area contributed by atoms with E-state index >= 15 is 0 Å². The molecule has 0 atom stereocenters. The van der Waals surface area contributed by atoms with Gasteiger partial charge in [0.25, 0.3) is 5.69 Å². The van der Waals surface area contributed by atoms with Crippen LogP contribution in [0.4, 0.5) is 5.69 Å². The Bertz CT molecular complexity index is 1150. The van der Waals surface area contributed by atoms with Crippen LogP contribution in [0.5, 0.6) is 17.2 Å². The van der Waals surface area contributed by atoms with E-state index in [9.17, 15) is 19.7 Å². The van der Waals surface area contributed by atoms with E-state index in [1.165, 1.54) is 39.5 Å². The number of hydrogen-bond donors (Lipinski definition) is 0. The van der Waals surface area contributed by atoms with E-state index in [2.05, 4.69) is 0 Å². The molecule has 0 saturated heterocycles. The van der Waals surface area contributed by atoms with E-state index in [-0.39, 0.29) is 50.5 Å². The lowest BCUT2D eigenvalue weighted by Gasteiger charge is -2.31. The van der Waals surface area contributed by atoms with Crippen LogP contribution in [0.1, 0.15) is 37.0 Å². The second kappa shape index (κ2) is 10.2. The molecule has 0 fully saturated rings. The van der Waals surface area contributed by atoms with Crippen molar-refractivity contribution in [3.63, 3.8) is 0 Å². The van der Waals surface area contributed by atoms with Crippen molar-refractivity contribution in [3.05, 3.63) is 62.7 Å². The molecular formula is C24H25NO8S. The van der Waals surface area contributed by atoms with E-state index in [1.807, 2.05) is 13.8 Å². The summed E-state index contributed by atoms with van der Waals surface area (Å²) in [6.45, 7) is 3.79. The molecule has 0 radical (unpaired) electrons. The lowest BCUT2D eigenvalue weighted by molar-refractivity contribution is -0.387. The second-order valence-electron chi connectivity index (χ2n) is 8.32. The summed E-state index contributed by atoms with van der Waals surface area (Å²) in [5.41, 5.74) is -0.449. The quantitative estimate of drug-likeness (QED) is 0.282. The number of hydrogen-bond acceptors (Lipinski definition) is 9. The molecule has 3 rings (SSSR count). The molecular weight excluding hydrogens is 462 g/mol. The molecule has 2 aromatic rings. The van der Waals surface area contributed by atoms with Crippen LogP contribution in [-0.4, -0.2) is 38.0 Å². The highest BCUT2D eigenvalue weighted by Gasteiger charge is 2.36. The number of carbonyl (C=O) groups excluding carboxylic acids is 2. The Morgan fingerprint density at radius 2 is 1.65 bits per heavy atom. The van der Waals surface area contributed by atoms with Gasteiger partial charge in [0.05, 0.1) is 41.6 Å². The number of rotatable bonds is 8. The average molecular weight is 488 g/mol. The molecule has 10 heteroatoms. The summed E-state index contributed by atoms with van der Waals surface area (Å²) >= 11 is 0.937. The molecule has 1 aliphatic rings. The monoisotopic (exact) mass is 487 g/mol. The minimum Gasteiger partial charge on any atom is -0.493 e. The van der Waals surface area contributed by atoms with E-state index in [4.69, 9.17) is 18.9 Å². The summed E-state index contributed by atoms with van der Waals surface area (Å²) < 4.78 is 21.6. The Morgan fingerprint density at radius 3 is 2.21 bits per heavy atom. The zero-order valence-electron chi connectivity index (χ0n) is 19.5. The summed E-state index contributed by atoms with van der Waals surface area (Å²) in [5.74, 6) is 0.0766. The number of para-hydroxylation sites is 1. The number of ether oxygens (including phenoxy) is 4. The maximum Gasteiger partial charge on any atom is 0.343 e. The van der Waals surface area contributed by atoms with Gasteiger partial charge in [-0.15, -0.1) is 0 Å². The van der Waals surface area contributed by atoms with E-state index in [0.717, 1.165) is 11.8 Å². The molecule has 0 spiro atoms. The van der Waals surface area contributed by atoms with Crippen LogP contribution >= 0.6 is 11.8 Å². The number of allylic oxidation sites excluding steroid dienone is 2. The van der Waals surface area contributed by atoms with Crippen LogP contribution in [0.2, 0.25) is 0 Å². The van der Waals surface area contributed by atoms with Crippen LogP contribution < -0.4 is 14.2 Å². The largest absolute Gasteiger partial charge is 0.493 e. The molecule has 34 heavy (non-hydrogen) atoms. The molecule has 0 unspecified atom stereocenters. The normalized spacial score (nSPS) is 15.0. The van der Waals surface area contributed by atoms with Gasteiger partial charge in [0.1, 0.15) is 5.76 Å². The topological polar surface area (TPSA) is 114 Å². The van der Waals surface area contributed by atoms with Gasteiger partial charge in [-0.05, 0) is 23.6 Å². The van der Waals surface area contributed by atoms with Gasteiger partial charge in [-0.2, -0.15) is 0 Å². The highest BCUT2D eigenvalue weighted by molar-refractivity contribution is 8.04. The minimum absolute atomic E-state index is 0.132. The standard InChI is InChI=1S/C24H25NO8S/c1-24(2)12-16(26)22(34-20-9-7-6-8-15(20)25(28)29)19(13-24)33-23(27)14-10-17(30-3)21(32-5)18(11-14)31-4/h6-11H,12-13H2,1-5H3. The van der Waals surface area contributed by atoms with Crippen LogP contribution in [0.25, 0.3) is 0 Å². The van der Waals surface area contributed by atoms with Crippen molar-refractivity contribution >= 4 is 29.2 Å². The number of methoxy groups -OCH3 is 3. The van der Waals surface area contributed by atoms with Crippen LogP contribution in [0, 0.1) is 15.5 Å². The van der Waals surface area contributed by atoms with E-state index < -0.39 is 16.3 Å². The number of esters is 1. The fourth-order valence-corrected chi connectivity index (χ4v) is 4.65. The summed E-state index contributed by atoms with van der Waals surface area (Å²) in [5, 5.41) is 11.4. The summed E-state index contributed by atoms with van der Waals surface area (Å²) in [4.78, 5) is 37.5. The highest BCUT2D eigenvalue weighted by atomic mass is 32.2. The van der Waals surface area contributed by atoms with Gasteiger partial charge in [0.2, 0.25) is 5.75 Å². The summed E-state index contributed by atoms with van der Waals surface area (Å²) in [6, 6.07) is 9.02. The van der Waals surface area contributed by atoms with Gasteiger partial charge in [-0.1, -0.05) is 37.7 Å². The molecule has 0 saturated carbocycles. The Balaban J connectivity index is 2.03. The third-order valence-corrected chi connectivity index (χ3v) is 6.40. The first-order valence-corrected chi connectivity index (χ1v) is 11.1. The zero-order valence-corrected chi connectivity index (χ0v) is 20.3. The van der Waals surface area contributed by atoms with Crippen molar-refractivity contribution in [1.82, 2.24) is 0 Å². The first-order chi connectivity index (χ1) is 16.1. The minimum atomic E-state index is -0.722. The number of ketones is 1. The van der Waals surface area contributed by atoms with Gasteiger partial charge in [-0.3, -0.25) is 14.9 Å². The number of carbonyl (C=O) groups is 2. The molecule has 2 aromatic carbocycles. The third-order valence-electron chi connectivity index (χ3n) is 5.18. The average Bonchev–Trinajstić information content (AvgIpc) is 2.79. The third kappa shape index (κ3) is 5.33. The number of Topliss-reactive ketones (excluding diaryl/α,β-unsaturated/α-hetero) is 1. The first-order valence-electron chi connectivity index (χ1n) is 10.3. The number of thioether (sulfide) groups is 1. The van der Waals surface area contributed by atoms with Crippen LogP contribution in [0.15, 0.2) is 52.0 Å². The van der Waals surface area contributed by atoms with E-state index in [1.54, 1.807) is 18.2 Å². The van der Waals surface area contributed by atoms with Crippen LogP contribution in [0.3, 0.4) is 0 Å². The molecule has 180 valence electrons. The van der Waals surface area contributed by atoms with Crippen LogP contribution in [-0.2, 0) is 9.53 Å². The van der Waals surface area contributed by atoms with Gasteiger partial charge in [0.15, 0.2) is 17.3 Å². The SMILES string of the molecule is COc1cc(C(=O)OC2=C(Sc3ccccc3[N+](=O)[O-])C(=O)CC(C)(C)C2)cc(OC)c1OC. The predicted molar refractivity (Wildman–Crippen MR) is 126 cm³/mol. The maximum atomic E-state index is 13.1. The number of benzene rings is 2. The van der Waals surface area contributed by atoms with E-state index in [0.29, 0.717) is 12.2 Å². The smallest absolute Gasteiger partial charge is 0.343 e. The highest BCUT2D eigenvalue weighted by Crippen LogP contribution is 2.45. The fourth-order valence-electron chi connectivity index (χ4n) is 3.62. The van der Waals surface area contributed by atoms with Gasteiger partial charge in [-0.25, -0.2) is 4.79 Å².